The lowest BCUT2D eigenvalue weighted by Gasteiger charge is -2.18. The Morgan fingerprint density at radius 3 is 2.70 bits per heavy atom. The lowest BCUT2D eigenvalue weighted by atomic mass is 10.0. The number of alkyl halides is 2. The summed E-state index contributed by atoms with van der Waals surface area (Å²) in [5.41, 5.74) is 7.44. The van der Waals surface area contributed by atoms with E-state index in [1.54, 1.807) is 12.1 Å². The van der Waals surface area contributed by atoms with Crippen molar-refractivity contribution in [2.24, 2.45) is 5.73 Å². The van der Waals surface area contributed by atoms with E-state index in [4.69, 9.17) is 10.5 Å². The van der Waals surface area contributed by atoms with E-state index in [0.717, 1.165) is 11.1 Å². The van der Waals surface area contributed by atoms with Crippen molar-refractivity contribution in [1.29, 1.82) is 0 Å². The highest BCUT2D eigenvalue weighted by molar-refractivity contribution is 5.27. The summed E-state index contributed by atoms with van der Waals surface area (Å²) < 4.78 is 30.7. The Bertz CT molecular complexity index is 424. The number of hydrogen-bond donors (Lipinski definition) is 2. The highest BCUT2D eigenvalue weighted by atomic mass is 19.3. The van der Waals surface area contributed by atoms with Crippen LogP contribution in [0.4, 0.5) is 8.78 Å². The molecule has 1 unspecified atom stereocenters. The molecule has 0 saturated heterocycles. The van der Waals surface area contributed by atoms with Gasteiger partial charge in [0.2, 0.25) is 0 Å². The summed E-state index contributed by atoms with van der Waals surface area (Å²) in [6, 6.07) is 6.17. The molecule has 0 aromatic heterocycles. The van der Waals surface area contributed by atoms with Gasteiger partial charge < -0.3 is 15.8 Å². The largest absolute Gasteiger partial charge is 0.376 e. The summed E-state index contributed by atoms with van der Waals surface area (Å²) in [6.45, 7) is 7.63. The Labute approximate surface area is 118 Å². The molecule has 1 aromatic rings. The fourth-order valence-electron chi connectivity index (χ4n) is 1.80. The van der Waals surface area contributed by atoms with Crippen LogP contribution in [-0.4, -0.2) is 26.3 Å². The summed E-state index contributed by atoms with van der Waals surface area (Å²) in [5.74, 6) is 0. The second-order valence-corrected chi connectivity index (χ2v) is 4.72. The first kappa shape index (κ1) is 16.8. The van der Waals surface area contributed by atoms with Crippen molar-refractivity contribution >= 4 is 0 Å². The number of halogens is 2. The number of benzene rings is 1. The smallest absolute Gasteiger partial charge is 0.263 e. The number of nitrogens with two attached hydrogens (primary N) is 1. The van der Waals surface area contributed by atoms with Crippen molar-refractivity contribution in [1.82, 2.24) is 5.32 Å². The first-order valence-electron chi connectivity index (χ1n) is 6.58. The molecule has 0 saturated carbocycles. The van der Waals surface area contributed by atoms with E-state index in [1.807, 2.05) is 6.92 Å². The third kappa shape index (κ3) is 5.77. The topological polar surface area (TPSA) is 47.3 Å². The fourth-order valence-corrected chi connectivity index (χ4v) is 1.80. The molecule has 3 nitrogen and oxygen atoms in total. The molecule has 0 aliphatic heterocycles. The molecule has 112 valence electrons. The van der Waals surface area contributed by atoms with Crippen molar-refractivity contribution < 1.29 is 13.5 Å². The van der Waals surface area contributed by atoms with Gasteiger partial charge in [0.25, 0.3) is 6.43 Å². The van der Waals surface area contributed by atoms with Gasteiger partial charge in [-0.1, -0.05) is 30.4 Å². The molecule has 3 N–H and O–H groups in total. The predicted molar refractivity (Wildman–Crippen MR) is 76.8 cm³/mol. The molecule has 1 aromatic carbocycles. The third-order valence-corrected chi connectivity index (χ3v) is 2.79. The van der Waals surface area contributed by atoms with Gasteiger partial charge in [-0.2, -0.15) is 0 Å². The normalized spacial score (nSPS) is 12.7. The molecule has 5 heteroatoms. The van der Waals surface area contributed by atoms with Crippen LogP contribution in [0.1, 0.15) is 30.5 Å². The molecule has 0 fully saturated rings. The van der Waals surface area contributed by atoms with Crippen LogP contribution in [0.5, 0.6) is 0 Å². The van der Waals surface area contributed by atoms with Gasteiger partial charge in [0.1, 0.15) is 0 Å². The van der Waals surface area contributed by atoms with Crippen molar-refractivity contribution in [3.05, 3.63) is 47.5 Å². The molecule has 0 aliphatic carbocycles. The Morgan fingerprint density at radius 1 is 1.40 bits per heavy atom. The fraction of sp³-hybridized carbons (Fsp3) is 0.467. The van der Waals surface area contributed by atoms with Gasteiger partial charge in [0.05, 0.1) is 13.2 Å². The zero-order chi connectivity index (χ0) is 15.0. The number of nitrogens with one attached hydrogen (secondary N) is 1. The van der Waals surface area contributed by atoms with Gasteiger partial charge in [-0.15, -0.1) is 0 Å². The highest BCUT2D eigenvalue weighted by Gasteiger charge is 2.12. The van der Waals surface area contributed by atoms with E-state index >= 15 is 0 Å². The Balaban J connectivity index is 2.49. The van der Waals surface area contributed by atoms with Crippen molar-refractivity contribution in [3.63, 3.8) is 0 Å². The van der Waals surface area contributed by atoms with Crippen LogP contribution in [0, 0.1) is 0 Å². The maximum atomic E-state index is 12.7. The van der Waals surface area contributed by atoms with Gasteiger partial charge in [-0.05, 0) is 18.6 Å². The summed E-state index contributed by atoms with van der Waals surface area (Å²) in [6.07, 6.45) is -2.47. The second kappa shape index (κ2) is 8.79. The zero-order valence-corrected chi connectivity index (χ0v) is 11.7. The van der Waals surface area contributed by atoms with Gasteiger partial charge >= 0.3 is 0 Å². The van der Waals surface area contributed by atoms with Crippen LogP contribution in [-0.2, 0) is 4.74 Å². The van der Waals surface area contributed by atoms with Crippen LogP contribution in [0.3, 0.4) is 0 Å². The van der Waals surface area contributed by atoms with E-state index in [2.05, 4.69) is 11.9 Å². The molecular weight excluding hydrogens is 262 g/mol. The lowest BCUT2D eigenvalue weighted by molar-refractivity contribution is 0.151. The molecule has 1 atom stereocenters. The van der Waals surface area contributed by atoms with Crippen molar-refractivity contribution in [2.45, 2.75) is 19.4 Å². The molecule has 20 heavy (non-hydrogen) atoms. The average Bonchev–Trinajstić information content (AvgIpc) is 2.42. The van der Waals surface area contributed by atoms with Crippen LogP contribution in [0.2, 0.25) is 0 Å². The molecule has 0 aliphatic rings. The van der Waals surface area contributed by atoms with E-state index in [-0.39, 0.29) is 11.6 Å². The maximum absolute atomic E-state index is 12.7. The molecule has 0 radical (unpaired) electrons. The molecule has 0 amide bonds. The minimum atomic E-state index is -2.47. The first-order valence-corrected chi connectivity index (χ1v) is 6.58. The maximum Gasteiger partial charge on any atom is 0.263 e. The predicted octanol–water partition coefficient (Wildman–Crippen LogP) is 2.81. The minimum Gasteiger partial charge on any atom is -0.376 e. The quantitative estimate of drug-likeness (QED) is 0.541. The van der Waals surface area contributed by atoms with E-state index in [9.17, 15) is 8.78 Å². The lowest BCUT2D eigenvalue weighted by Crippen LogP contribution is -2.31. The van der Waals surface area contributed by atoms with Crippen LogP contribution >= 0.6 is 0 Å². The molecule has 0 bridgehead atoms. The van der Waals surface area contributed by atoms with Crippen LogP contribution in [0.25, 0.3) is 0 Å². The monoisotopic (exact) mass is 284 g/mol. The molecule has 0 spiro atoms. The highest BCUT2D eigenvalue weighted by Crippen LogP contribution is 2.22. The summed E-state index contributed by atoms with van der Waals surface area (Å²) >= 11 is 0. The Kier molecular flexibility index (Phi) is 7.36. The van der Waals surface area contributed by atoms with Gasteiger partial charge in [-0.3, -0.25) is 0 Å². The first-order chi connectivity index (χ1) is 9.54. The van der Waals surface area contributed by atoms with Gasteiger partial charge in [0, 0.05) is 24.7 Å². The minimum absolute atomic E-state index is 0.0151. The van der Waals surface area contributed by atoms with Crippen molar-refractivity contribution in [2.75, 3.05) is 26.3 Å². The van der Waals surface area contributed by atoms with E-state index < -0.39 is 6.43 Å². The average molecular weight is 284 g/mol. The van der Waals surface area contributed by atoms with Crippen LogP contribution < -0.4 is 11.1 Å². The summed E-state index contributed by atoms with van der Waals surface area (Å²) in [4.78, 5) is 0. The Morgan fingerprint density at radius 2 is 2.10 bits per heavy atom. The van der Waals surface area contributed by atoms with Crippen LogP contribution in [0.15, 0.2) is 36.4 Å². The van der Waals surface area contributed by atoms with E-state index in [0.29, 0.717) is 26.3 Å². The van der Waals surface area contributed by atoms with Crippen molar-refractivity contribution in [3.8, 4) is 0 Å². The summed E-state index contributed by atoms with van der Waals surface area (Å²) in [7, 11) is 0. The standard InChI is InChI=1S/C15H22F2N2O/c1-11(2)10-20-7-6-19-14(9-18)12-4-3-5-13(8-12)15(16)17/h3-5,8,14-15,19H,1,6-7,9-10,18H2,2H3. The summed E-state index contributed by atoms with van der Waals surface area (Å²) in [5, 5.41) is 3.20. The molecular formula is C15H22F2N2O. The van der Waals surface area contributed by atoms with Gasteiger partial charge in [0.15, 0.2) is 0 Å². The number of rotatable bonds is 9. The molecule has 0 heterocycles. The zero-order valence-electron chi connectivity index (χ0n) is 11.7. The number of hydrogen-bond acceptors (Lipinski definition) is 3. The second-order valence-electron chi connectivity index (χ2n) is 4.72. The SMILES string of the molecule is C=C(C)COCCNC(CN)c1cccc(C(F)F)c1. The van der Waals surface area contributed by atoms with Gasteiger partial charge in [-0.25, -0.2) is 8.78 Å². The molecule has 1 rings (SSSR count). The van der Waals surface area contributed by atoms with E-state index in [1.165, 1.54) is 12.1 Å². The number of ether oxygens (including phenoxy) is 1. The third-order valence-electron chi connectivity index (χ3n) is 2.79. The Hall–Kier alpha value is -1.30.